The van der Waals surface area contributed by atoms with Gasteiger partial charge in [0.05, 0.1) is 5.92 Å². The molecule has 0 spiro atoms. The van der Waals surface area contributed by atoms with Crippen LogP contribution >= 0.6 is 0 Å². The van der Waals surface area contributed by atoms with Crippen molar-refractivity contribution in [3.63, 3.8) is 0 Å². The summed E-state index contributed by atoms with van der Waals surface area (Å²) in [5.41, 5.74) is 0.362. The van der Waals surface area contributed by atoms with Crippen LogP contribution in [0, 0.1) is 11.3 Å². The predicted octanol–water partition coefficient (Wildman–Crippen LogP) is 3.01. The van der Waals surface area contributed by atoms with Gasteiger partial charge in [0.15, 0.2) is 0 Å². The van der Waals surface area contributed by atoms with Crippen molar-refractivity contribution in [3.8, 4) is 0 Å². The number of hydrogen-bond donors (Lipinski definition) is 2. The second-order valence-corrected chi connectivity index (χ2v) is 6.80. The summed E-state index contributed by atoms with van der Waals surface area (Å²) < 4.78 is 5.12. The molecule has 24 heavy (non-hydrogen) atoms. The van der Waals surface area contributed by atoms with Gasteiger partial charge < -0.3 is 20.0 Å². The van der Waals surface area contributed by atoms with E-state index in [0.717, 1.165) is 5.56 Å². The maximum atomic E-state index is 11.9. The SMILES string of the molecule is CC(C)(C)C(C[C@@H](CC=O)NC(=O)OCc1ccccc1)C(=O)O. The largest absolute Gasteiger partial charge is 0.481 e. The quantitative estimate of drug-likeness (QED) is 0.712. The Morgan fingerprint density at radius 3 is 2.38 bits per heavy atom. The number of aliphatic carboxylic acids is 1. The first kappa shape index (κ1) is 19.7. The normalized spacial score (nSPS) is 13.6. The van der Waals surface area contributed by atoms with Crippen molar-refractivity contribution < 1.29 is 24.2 Å². The Hall–Kier alpha value is -2.37. The highest BCUT2D eigenvalue weighted by atomic mass is 16.5. The first-order valence-corrected chi connectivity index (χ1v) is 7.87. The number of nitrogens with one attached hydrogen (secondary N) is 1. The zero-order valence-electron chi connectivity index (χ0n) is 14.3. The summed E-state index contributed by atoms with van der Waals surface area (Å²) in [7, 11) is 0. The molecular weight excluding hydrogens is 310 g/mol. The molecule has 1 unspecified atom stereocenters. The van der Waals surface area contributed by atoms with Crippen LogP contribution in [0.25, 0.3) is 0 Å². The highest BCUT2D eigenvalue weighted by molar-refractivity contribution is 5.72. The molecule has 2 atom stereocenters. The van der Waals surface area contributed by atoms with E-state index in [9.17, 15) is 19.5 Å². The van der Waals surface area contributed by atoms with Crippen LogP contribution in [-0.4, -0.2) is 29.5 Å². The van der Waals surface area contributed by atoms with Crippen molar-refractivity contribution in [2.45, 2.75) is 46.3 Å². The van der Waals surface area contributed by atoms with Crippen LogP contribution in [0.1, 0.15) is 39.2 Å². The Balaban J connectivity index is 2.62. The fourth-order valence-electron chi connectivity index (χ4n) is 2.37. The second kappa shape index (κ2) is 9.05. The molecule has 0 aliphatic rings. The molecule has 0 saturated heterocycles. The third kappa shape index (κ3) is 6.81. The molecule has 0 heterocycles. The summed E-state index contributed by atoms with van der Waals surface area (Å²) in [6, 6.07) is 8.62. The molecule has 1 amide bonds. The summed E-state index contributed by atoms with van der Waals surface area (Å²) >= 11 is 0. The molecule has 0 aromatic heterocycles. The molecular formula is C18H25NO5. The third-order valence-corrected chi connectivity index (χ3v) is 3.78. The van der Waals surface area contributed by atoms with Crippen LogP contribution in [0.2, 0.25) is 0 Å². The maximum absolute atomic E-state index is 11.9. The number of carbonyl (C=O) groups excluding carboxylic acids is 2. The van der Waals surface area contributed by atoms with Crippen molar-refractivity contribution >= 4 is 18.3 Å². The van der Waals surface area contributed by atoms with Gasteiger partial charge in [-0.2, -0.15) is 0 Å². The molecule has 0 fully saturated rings. The van der Waals surface area contributed by atoms with Gasteiger partial charge in [0.1, 0.15) is 12.9 Å². The van der Waals surface area contributed by atoms with Gasteiger partial charge in [0.2, 0.25) is 0 Å². The van der Waals surface area contributed by atoms with Gasteiger partial charge in [-0.05, 0) is 17.4 Å². The molecule has 1 rings (SSSR count). The van der Waals surface area contributed by atoms with Crippen molar-refractivity contribution in [2.24, 2.45) is 11.3 Å². The van der Waals surface area contributed by atoms with Crippen LogP contribution < -0.4 is 5.32 Å². The van der Waals surface area contributed by atoms with Crippen molar-refractivity contribution in [3.05, 3.63) is 35.9 Å². The van der Waals surface area contributed by atoms with Gasteiger partial charge in [0.25, 0.3) is 0 Å². The number of aldehydes is 1. The number of carboxylic acid groups (broad SMARTS) is 1. The van der Waals surface area contributed by atoms with Crippen LogP contribution in [0.4, 0.5) is 4.79 Å². The Morgan fingerprint density at radius 2 is 1.88 bits per heavy atom. The number of carbonyl (C=O) groups is 3. The molecule has 1 aromatic carbocycles. The summed E-state index contributed by atoms with van der Waals surface area (Å²) in [5.74, 6) is -1.63. The monoisotopic (exact) mass is 335 g/mol. The van der Waals surface area contributed by atoms with E-state index in [2.05, 4.69) is 5.32 Å². The lowest BCUT2D eigenvalue weighted by molar-refractivity contribution is -0.146. The first-order chi connectivity index (χ1) is 11.2. The van der Waals surface area contributed by atoms with Crippen LogP contribution in [0.3, 0.4) is 0 Å². The highest BCUT2D eigenvalue weighted by Crippen LogP contribution is 2.30. The minimum Gasteiger partial charge on any atom is -0.481 e. The van der Waals surface area contributed by atoms with Crippen LogP contribution in [-0.2, 0) is 20.9 Å². The molecule has 6 nitrogen and oxygen atoms in total. The zero-order chi connectivity index (χ0) is 18.2. The van der Waals surface area contributed by atoms with E-state index in [4.69, 9.17) is 4.74 Å². The Kier molecular flexibility index (Phi) is 7.42. The summed E-state index contributed by atoms with van der Waals surface area (Å²) in [5, 5.41) is 12.0. The summed E-state index contributed by atoms with van der Waals surface area (Å²) in [6.45, 7) is 5.56. The smallest absolute Gasteiger partial charge is 0.407 e. The van der Waals surface area contributed by atoms with E-state index in [1.165, 1.54) is 0 Å². The lowest BCUT2D eigenvalue weighted by atomic mass is 9.77. The van der Waals surface area contributed by atoms with E-state index in [1.807, 2.05) is 51.1 Å². The molecule has 6 heteroatoms. The number of alkyl carbamates (subject to hydrolysis) is 1. The van der Waals surface area contributed by atoms with Gasteiger partial charge >= 0.3 is 12.1 Å². The number of amides is 1. The molecule has 0 bridgehead atoms. The highest BCUT2D eigenvalue weighted by Gasteiger charge is 2.33. The molecule has 132 valence electrons. The minimum atomic E-state index is -0.946. The van der Waals surface area contributed by atoms with E-state index >= 15 is 0 Å². The number of rotatable bonds is 8. The Labute approximate surface area is 142 Å². The van der Waals surface area contributed by atoms with E-state index in [0.29, 0.717) is 6.29 Å². The van der Waals surface area contributed by atoms with E-state index in [1.54, 1.807) is 0 Å². The van der Waals surface area contributed by atoms with Gasteiger partial charge in [-0.15, -0.1) is 0 Å². The predicted molar refractivity (Wildman–Crippen MR) is 89.4 cm³/mol. The van der Waals surface area contributed by atoms with Gasteiger partial charge in [0, 0.05) is 12.5 Å². The fraction of sp³-hybridized carbons (Fsp3) is 0.500. The Bertz CT molecular complexity index is 550. The topological polar surface area (TPSA) is 92.7 Å². The molecule has 0 radical (unpaired) electrons. The average molecular weight is 335 g/mol. The Morgan fingerprint density at radius 1 is 1.25 bits per heavy atom. The number of benzene rings is 1. The van der Waals surface area contributed by atoms with Crippen molar-refractivity contribution in [1.82, 2.24) is 5.32 Å². The van der Waals surface area contributed by atoms with Crippen molar-refractivity contribution in [1.29, 1.82) is 0 Å². The van der Waals surface area contributed by atoms with Crippen molar-refractivity contribution in [2.75, 3.05) is 0 Å². The van der Waals surface area contributed by atoms with Gasteiger partial charge in [-0.25, -0.2) is 4.79 Å². The van der Waals surface area contributed by atoms with Gasteiger partial charge in [-0.1, -0.05) is 51.1 Å². The standard InChI is InChI=1S/C18H25NO5/c1-18(2,3)15(16(21)22)11-14(9-10-20)19-17(23)24-12-13-7-5-4-6-8-13/h4-8,10,14-15H,9,11-12H2,1-3H3,(H,19,23)(H,21,22)/t14-,15?/m1/s1. The average Bonchev–Trinajstić information content (AvgIpc) is 2.50. The van der Waals surface area contributed by atoms with Crippen LogP contribution in [0.5, 0.6) is 0 Å². The minimum absolute atomic E-state index is 0.0420. The molecule has 0 aliphatic carbocycles. The fourth-order valence-corrected chi connectivity index (χ4v) is 2.37. The number of ether oxygens (including phenoxy) is 1. The summed E-state index contributed by atoms with van der Waals surface area (Å²) in [6.07, 6.45) is 0.214. The molecule has 2 N–H and O–H groups in total. The lowest BCUT2D eigenvalue weighted by Gasteiger charge is -2.30. The summed E-state index contributed by atoms with van der Waals surface area (Å²) in [4.78, 5) is 34.2. The number of hydrogen-bond acceptors (Lipinski definition) is 4. The molecule has 0 saturated carbocycles. The third-order valence-electron chi connectivity index (χ3n) is 3.78. The van der Waals surface area contributed by atoms with E-state index in [-0.39, 0.29) is 19.4 Å². The lowest BCUT2D eigenvalue weighted by Crippen LogP contribution is -2.41. The molecule has 1 aromatic rings. The second-order valence-electron chi connectivity index (χ2n) is 6.80. The van der Waals surface area contributed by atoms with Gasteiger partial charge in [-0.3, -0.25) is 4.79 Å². The zero-order valence-corrected chi connectivity index (χ0v) is 14.3. The molecule has 0 aliphatic heterocycles. The first-order valence-electron chi connectivity index (χ1n) is 7.87. The maximum Gasteiger partial charge on any atom is 0.407 e. The van der Waals surface area contributed by atoms with E-state index < -0.39 is 29.4 Å². The van der Waals surface area contributed by atoms with Crippen LogP contribution in [0.15, 0.2) is 30.3 Å². The number of carboxylic acids is 1.